The number of benzene rings is 4. The number of carbonyl (C=O) groups is 4. The molecule has 4 aromatic rings. The zero-order valence-corrected chi connectivity index (χ0v) is 30.7. The summed E-state index contributed by atoms with van der Waals surface area (Å²) in [6.45, 7) is 2.24. The number of halogens is 3. The maximum absolute atomic E-state index is 12.1. The summed E-state index contributed by atoms with van der Waals surface area (Å²) in [5.74, 6) is -0.950. The monoisotopic (exact) mass is 950 g/mol. The number of carboxylic acids is 1. The van der Waals surface area contributed by atoms with Crippen LogP contribution in [0.4, 0.5) is 0 Å². The first-order valence-corrected chi connectivity index (χ1v) is 21.7. The van der Waals surface area contributed by atoms with E-state index in [1.807, 2.05) is 48.3 Å². The molecule has 0 spiro atoms. The lowest BCUT2D eigenvalue weighted by atomic mass is 10.1. The number of carbonyl (C=O) groups excluding carboxylic acids is 3. The minimum Gasteiger partial charge on any atom is -0.478 e. The zero-order chi connectivity index (χ0) is 33.2. The molecule has 5 rings (SSSR count). The van der Waals surface area contributed by atoms with Gasteiger partial charge in [0.25, 0.3) is 0 Å². The molecule has 1 aliphatic rings. The molecule has 0 saturated heterocycles. The third-order valence-electron chi connectivity index (χ3n) is 5.75. The number of fused-ring (bicyclic) bond motifs is 1. The molecule has 236 valence electrons. The van der Waals surface area contributed by atoms with Crippen molar-refractivity contribution in [2.75, 3.05) is 11.5 Å². The van der Waals surface area contributed by atoms with Gasteiger partial charge in [0, 0.05) is 37.2 Å². The average Bonchev–Trinajstić information content (AvgIpc) is 3.36. The molecule has 0 atom stereocenters. The highest BCUT2D eigenvalue weighted by Crippen LogP contribution is 2.28. The topological polar surface area (TPSA) is 125 Å². The van der Waals surface area contributed by atoms with Crippen LogP contribution in [0, 0.1) is 0 Å². The molecule has 45 heavy (non-hydrogen) atoms. The van der Waals surface area contributed by atoms with Crippen LogP contribution < -0.4 is 9.47 Å². The molecular formula is C33H29I3O9. The van der Waals surface area contributed by atoms with E-state index in [0.29, 0.717) is 23.0 Å². The minimum atomic E-state index is -1.18. The van der Waals surface area contributed by atoms with Gasteiger partial charge in [0.1, 0.15) is 23.0 Å². The molecule has 0 aromatic heterocycles. The second-order valence-electron chi connectivity index (χ2n) is 8.72. The molecule has 12 heteroatoms. The van der Waals surface area contributed by atoms with Crippen molar-refractivity contribution in [3.63, 3.8) is 0 Å². The van der Waals surface area contributed by atoms with Crippen molar-refractivity contribution >= 4 is 83.7 Å². The molecule has 0 fully saturated rings. The fourth-order valence-corrected chi connectivity index (χ4v) is 3.71. The molecule has 0 saturated carbocycles. The van der Waals surface area contributed by atoms with E-state index in [1.165, 1.54) is 30.3 Å². The molecule has 0 radical (unpaired) electrons. The number of esters is 3. The zero-order valence-electron chi connectivity index (χ0n) is 24.2. The van der Waals surface area contributed by atoms with Gasteiger partial charge in [-0.2, -0.15) is 0 Å². The summed E-state index contributed by atoms with van der Waals surface area (Å²) < 4.78 is 20.8. The Labute approximate surface area is 298 Å². The van der Waals surface area contributed by atoms with Crippen molar-refractivity contribution in [3.05, 3.63) is 119 Å². The maximum atomic E-state index is 12.1. The van der Waals surface area contributed by atoms with Crippen LogP contribution in [0.5, 0.6) is 23.0 Å². The Bertz CT molecular complexity index is 1560. The first kappa shape index (κ1) is 37.9. The number of ether oxygens (including phenoxy) is 4. The number of cyclic esters (lactones) is 2. The third-order valence-corrected chi connectivity index (χ3v) is 5.75. The van der Waals surface area contributed by atoms with E-state index in [4.69, 9.17) is 14.2 Å². The SMILES string of the molecule is CCCCOC(=O)c1cc(Oc2ccccc2)ccc1C(=O)O.CI.II.O=C1OC(=O)c2cc(Oc3ccccc3)ccc21. The van der Waals surface area contributed by atoms with E-state index >= 15 is 0 Å². The minimum absolute atomic E-state index is 0.0120. The molecule has 4 aromatic carbocycles. The van der Waals surface area contributed by atoms with Crippen LogP contribution in [0.2, 0.25) is 0 Å². The van der Waals surface area contributed by atoms with E-state index in [2.05, 4.69) is 64.6 Å². The van der Waals surface area contributed by atoms with Gasteiger partial charge in [-0.3, -0.25) is 0 Å². The summed E-state index contributed by atoms with van der Waals surface area (Å²) in [7, 11) is 0. The molecule has 0 unspecified atom stereocenters. The average molecular weight is 950 g/mol. The number of unbranched alkanes of at least 4 members (excludes halogenated alkanes) is 1. The number of aromatic carboxylic acids is 1. The maximum Gasteiger partial charge on any atom is 0.347 e. The number of rotatable bonds is 9. The van der Waals surface area contributed by atoms with Crippen LogP contribution in [0.15, 0.2) is 97.1 Å². The number of hydrogen-bond donors (Lipinski definition) is 1. The quantitative estimate of drug-likeness (QED) is 0.0574. The van der Waals surface area contributed by atoms with Gasteiger partial charge in [0.2, 0.25) is 0 Å². The van der Waals surface area contributed by atoms with Crippen LogP contribution >= 0.6 is 59.8 Å². The Morgan fingerprint density at radius 1 is 0.689 bits per heavy atom. The van der Waals surface area contributed by atoms with Gasteiger partial charge in [0.15, 0.2) is 0 Å². The van der Waals surface area contributed by atoms with Crippen LogP contribution in [0.1, 0.15) is 61.2 Å². The summed E-state index contributed by atoms with van der Waals surface area (Å²) >= 11 is 6.39. The van der Waals surface area contributed by atoms with Crippen molar-refractivity contribution in [2.45, 2.75) is 19.8 Å². The highest BCUT2D eigenvalue weighted by atomic mass is 128. The van der Waals surface area contributed by atoms with E-state index in [-0.39, 0.29) is 28.9 Å². The van der Waals surface area contributed by atoms with E-state index in [0.717, 1.165) is 12.8 Å². The Hall–Kier alpha value is -3.25. The fourth-order valence-electron chi connectivity index (χ4n) is 3.71. The van der Waals surface area contributed by atoms with Gasteiger partial charge in [-0.1, -0.05) is 72.3 Å². The molecule has 0 bridgehead atoms. The molecular weight excluding hydrogens is 921 g/mol. The van der Waals surface area contributed by atoms with Crippen LogP contribution in [0.25, 0.3) is 0 Å². The summed E-state index contributed by atoms with van der Waals surface area (Å²) in [4.78, 5) is 48.0. The fraction of sp³-hybridized carbons (Fsp3) is 0.152. The standard InChI is InChI=1S/C18H18O5.C14H8O4.CH3I.I2/c1-2-3-11-22-18(21)16-12-14(9-10-15(16)17(19)20)23-13-7-5-4-6-8-13;15-13-11-7-6-10(8-12(11)14(16)18-13)17-9-4-2-1-3-5-9;2*1-2/h4-10,12H,2-3,11H2,1H3,(H,19,20);1-8H;1H3;. The van der Waals surface area contributed by atoms with Gasteiger partial charge >= 0.3 is 23.9 Å². The molecule has 1 N–H and O–H groups in total. The first-order valence-electron chi connectivity index (χ1n) is 13.3. The molecule has 0 amide bonds. The highest BCUT2D eigenvalue weighted by Gasteiger charge is 2.29. The van der Waals surface area contributed by atoms with Crippen molar-refractivity contribution in [1.82, 2.24) is 0 Å². The van der Waals surface area contributed by atoms with Crippen LogP contribution in [-0.4, -0.2) is 40.5 Å². The Morgan fingerprint density at radius 2 is 1.20 bits per heavy atom. The summed E-state index contributed by atoms with van der Waals surface area (Å²) in [6.07, 6.45) is 1.62. The van der Waals surface area contributed by atoms with Gasteiger partial charge in [-0.15, -0.1) is 0 Å². The smallest absolute Gasteiger partial charge is 0.347 e. The third kappa shape index (κ3) is 11.9. The lowest BCUT2D eigenvalue weighted by Crippen LogP contribution is -2.12. The van der Waals surface area contributed by atoms with Gasteiger partial charge in [-0.25, -0.2) is 19.2 Å². The molecule has 9 nitrogen and oxygen atoms in total. The van der Waals surface area contributed by atoms with E-state index in [9.17, 15) is 24.3 Å². The van der Waals surface area contributed by atoms with Crippen molar-refractivity contribution in [2.24, 2.45) is 0 Å². The lowest BCUT2D eigenvalue weighted by Gasteiger charge is -2.10. The van der Waals surface area contributed by atoms with Gasteiger partial charge in [-0.05, 0) is 72.0 Å². The van der Waals surface area contributed by atoms with E-state index in [1.54, 1.807) is 30.3 Å². The van der Waals surface area contributed by atoms with Crippen molar-refractivity contribution in [1.29, 1.82) is 0 Å². The van der Waals surface area contributed by atoms with Crippen molar-refractivity contribution in [3.8, 4) is 23.0 Å². The second-order valence-corrected chi connectivity index (χ2v) is 8.72. The normalized spacial score (nSPS) is 10.7. The molecule has 1 aliphatic heterocycles. The number of hydrogen-bond acceptors (Lipinski definition) is 8. The van der Waals surface area contributed by atoms with Crippen LogP contribution in [0.3, 0.4) is 0 Å². The highest BCUT2D eigenvalue weighted by molar-refractivity contribution is 15.0. The first-order chi connectivity index (χ1) is 21.9. The predicted molar refractivity (Wildman–Crippen MR) is 196 cm³/mol. The Morgan fingerprint density at radius 3 is 1.73 bits per heavy atom. The van der Waals surface area contributed by atoms with Gasteiger partial charge in [0.05, 0.1) is 28.9 Å². The Kier molecular flexibility index (Phi) is 17.5. The lowest BCUT2D eigenvalue weighted by molar-refractivity contribution is 0.0440. The van der Waals surface area contributed by atoms with Crippen LogP contribution in [-0.2, 0) is 9.47 Å². The Balaban J connectivity index is 0.000000288. The number of alkyl halides is 1. The summed E-state index contributed by atoms with van der Waals surface area (Å²) in [5, 5.41) is 9.22. The number of carboxylic acid groups (broad SMARTS) is 1. The van der Waals surface area contributed by atoms with E-state index < -0.39 is 23.9 Å². The predicted octanol–water partition coefficient (Wildman–Crippen LogP) is 9.75. The largest absolute Gasteiger partial charge is 0.478 e. The molecule has 1 heterocycles. The van der Waals surface area contributed by atoms with Crippen molar-refractivity contribution < 1.29 is 43.2 Å². The van der Waals surface area contributed by atoms with Gasteiger partial charge < -0.3 is 24.1 Å². The molecule has 0 aliphatic carbocycles. The summed E-state index contributed by atoms with van der Waals surface area (Å²) in [5.41, 5.74) is 0.405. The second kappa shape index (κ2) is 20.7. The number of para-hydroxylation sites is 2. The summed E-state index contributed by atoms with van der Waals surface area (Å²) in [6, 6.07) is 27.1.